The van der Waals surface area contributed by atoms with Crippen LogP contribution in [0.4, 0.5) is 5.69 Å². The summed E-state index contributed by atoms with van der Waals surface area (Å²) in [6, 6.07) is 10.0. The van der Waals surface area contributed by atoms with E-state index >= 15 is 0 Å². The molecule has 0 saturated heterocycles. The lowest BCUT2D eigenvalue weighted by atomic mass is 10.1. The minimum Gasteiger partial charge on any atom is -0.508 e. The highest BCUT2D eigenvalue weighted by molar-refractivity contribution is 6.03. The Morgan fingerprint density at radius 2 is 1.68 bits per heavy atom. The van der Waals surface area contributed by atoms with Crippen LogP contribution in [0.3, 0.4) is 0 Å². The standard InChI is InChI=1S/C16H13NO5/c18-12-5-1-10(2-6-12)3-8-15(20)17-11-4-7-14(19)13(9-11)16(21)22/h1-9,18-19H,(H,17,20)(H,21,22)/b8-3+. The number of carboxylic acids is 1. The Hall–Kier alpha value is -3.28. The monoisotopic (exact) mass is 299 g/mol. The molecule has 112 valence electrons. The van der Waals surface area contributed by atoms with E-state index < -0.39 is 11.9 Å². The molecular formula is C16H13NO5. The molecule has 0 aliphatic carbocycles. The molecule has 0 aliphatic rings. The fourth-order valence-electron chi connectivity index (χ4n) is 1.73. The van der Waals surface area contributed by atoms with E-state index in [0.29, 0.717) is 0 Å². The van der Waals surface area contributed by atoms with Gasteiger partial charge in [-0.1, -0.05) is 12.1 Å². The molecule has 22 heavy (non-hydrogen) atoms. The molecule has 0 bridgehead atoms. The summed E-state index contributed by atoms with van der Waals surface area (Å²) in [5, 5.41) is 29.9. The topological polar surface area (TPSA) is 107 Å². The lowest BCUT2D eigenvalue weighted by molar-refractivity contribution is -0.111. The van der Waals surface area contributed by atoms with Gasteiger partial charge in [0.15, 0.2) is 0 Å². The largest absolute Gasteiger partial charge is 0.508 e. The van der Waals surface area contributed by atoms with Crippen molar-refractivity contribution in [2.45, 2.75) is 0 Å². The van der Waals surface area contributed by atoms with E-state index in [-0.39, 0.29) is 22.7 Å². The number of nitrogens with one attached hydrogen (secondary N) is 1. The second-order valence-corrected chi connectivity index (χ2v) is 4.45. The zero-order valence-electron chi connectivity index (χ0n) is 11.4. The van der Waals surface area contributed by atoms with Crippen molar-refractivity contribution in [3.63, 3.8) is 0 Å². The quantitative estimate of drug-likeness (QED) is 0.512. The molecule has 0 unspecified atom stereocenters. The fourth-order valence-corrected chi connectivity index (χ4v) is 1.73. The maximum Gasteiger partial charge on any atom is 0.339 e. The number of aromatic carboxylic acids is 1. The van der Waals surface area contributed by atoms with E-state index in [2.05, 4.69) is 5.32 Å². The predicted octanol–water partition coefficient (Wildman–Crippen LogP) is 2.45. The maximum atomic E-state index is 11.8. The molecule has 0 aromatic heterocycles. The van der Waals surface area contributed by atoms with Crippen molar-refractivity contribution in [3.8, 4) is 11.5 Å². The van der Waals surface area contributed by atoms with Crippen LogP contribution in [0.2, 0.25) is 0 Å². The van der Waals surface area contributed by atoms with E-state index in [9.17, 15) is 14.7 Å². The molecule has 0 spiro atoms. The normalized spacial score (nSPS) is 10.5. The first-order valence-electron chi connectivity index (χ1n) is 6.30. The number of carboxylic acid groups (broad SMARTS) is 1. The number of anilines is 1. The molecule has 2 aromatic rings. The Labute approximate surface area is 126 Å². The molecule has 0 atom stereocenters. The number of aromatic hydroxyl groups is 2. The summed E-state index contributed by atoms with van der Waals surface area (Å²) in [4.78, 5) is 22.7. The van der Waals surface area contributed by atoms with E-state index in [0.717, 1.165) is 5.56 Å². The Kier molecular flexibility index (Phi) is 4.43. The SMILES string of the molecule is O=C(/C=C/c1ccc(O)cc1)Nc1ccc(O)c(C(=O)O)c1. The fraction of sp³-hybridized carbons (Fsp3) is 0. The average Bonchev–Trinajstić information content (AvgIpc) is 2.48. The van der Waals surface area contributed by atoms with Gasteiger partial charge in [0.1, 0.15) is 17.1 Å². The third-order valence-corrected chi connectivity index (χ3v) is 2.81. The number of phenols is 2. The van der Waals surface area contributed by atoms with E-state index in [4.69, 9.17) is 10.2 Å². The highest BCUT2D eigenvalue weighted by Crippen LogP contribution is 2.21. The van der Waals surface area contributed by atoms with Crippen LogP contribution in [0.25, 0.3) is 6.08 Å². The van der Waals surface area contributed by atoms with Gasteiger partial charge in [-0.15, -0.1) is 0 Å². The van der Waals surface area contributed by atoms with Crippen molar-refractivity contribution in [2.24, 2.45) is 0 Å². The smallest absolute Gasteiger partial charge is 0.339 e. The third kappa shape index (κ3) is 3.86. The van der Waals surface area contributed by atoms with Gasteiger partial charge in [0, 0.05) is 11.8 Å². The van der Waals surface area contributed by atoms with Crippen molar-refractivity contribution >= 4 is 23.6 Å². The number of rotatable bonds is 4. The van der Waals surface area contributed by atoms with Crippen LogP contribution in [0, 0.1) is 0 Å². The van der Waals surface area contributed by atoms with Gasteiger partial charge in [-0.2, -0.15) is 0 Å². The molecule has 0 aliphatic heterocycles. The Morgan fingerprint density at radius 3 is 2.32 bits per heavy atom. The van der Waals surface area contributed by atoms with Gasteiger partial charge in [-0.3, -0.25) is 4.79 Å². The summed E-state index contributed by atoms with van der Waals surface area (Å²) >= 11 is 0. The summed E-state index contributed by atoms with van der Waals surface area (Å²) < 4.78 is 0. The Balaban J connectivity index is 2.07. The van der Waals surface area contributed by atoms with Crippen LogP contribution in [-0.2, 0) is 4.79 Å². The number of hydrogen-bond acceptors (Lipinski definition) is 4. The van der Waals surface area contributed by atoms with Crippen LogP contribution in [0.15, 0.2) is 48.5 Å². The van der Waals surface area contributed by atoms with Crippen LogP contribution in [0.5, 0.6) is 11.5 Å². The van der Waals surface area contributed by atoms with Crippen LogP contribution in [0.1, 0.15) is 15.9 Å². The van der Waals surface area contributed by atoms with E-state index in [1.165, 1.54) is 36.4 Å². The number of carbonyl (C=O) groups is 2. The number of phenolic OH excluding ortho intramolecular Hbond substituents is 1. The Morgan fingerprint density at radius 1 is 1.00 bits per heavy atom. The first-order valence-corrected chi connectivity index (χ1v) is 6.30. The third-order valence-electron chi connectivity index (χ3n) is 2.81. The first-order chi connectivity index (χ1) is 10.5. The van der Waals surface area contributed by atoms with Gasteiger partial charge in [0.05, 0.1) is 0 Å². The molecule has 0 radical (unpaired) electrons. The van der Waals surface area contributed by atoms with Crippen LogP contribution >= 0.6 is 0 Å². The van der Waals surface area contributed by atoms with Gasteiger partial charge >= 0.3 is 5.97 Å². The zero-order chi connectivity index (χ0) is 16.1. The summed E-state index contributed by atoms with van der Waals surface area (Å²) in [6.07, 6.45) is 2.83. The van der Waals surface area contributed by atoms with Crippen molar-refractivity contribution in [1.82, 2.24) is 0 Å². The van der Waals surface area contributed by atoms with Crippen molar-refractivity contribution in [1.29, 1.82) is 0 Å². The van der Waals surface area contributed by atoms with Gasteiger partial charge in [0.25, 0.3) is 0 Å². The molecule has 4 N–H and O–H groups in total. The molecule has 6 nitrogen and oxygen atoms in total. The number of amides is 1. The van der Waals surface area contributed by atoms with Crippen LogP contribution < -0.4 is 5.32 Å². The molecular weight excluding hydrogens is 286 g/mol. The summed E-state index contributed by atoms with van der Waals surface area (Å²) in [7, 11) is 0. The first kappa shape index (κ1) is 15.1. The van der Waals surface area contributed by atoms with Crippen molar-refractivity contribution in [2.75, 3.05) is 5.32 Å². The van der Waals surface area contributed by atoms with E-state index in [1.807, 2.05) is 0 Å². The van der Waals surface area contributed by atoms with Gasteiger partial charge in [-0.25, -0.2) is 4.79 Å². The van der Waals surface area contributed by atoms with Crippen molar-refractivity contribution < 1.29 is 24.9 Å². The van der Waals surface area contributed by atoms with Gasteiger partial charge in [0.2, 0.25) is 5.91 Å². The second kappa shape index (κ2) is 6.45. The zero-order valence-corrected chi connectivity index (χ0v) is 11.4. The molecule has 6 heteroatoms. The summed E-state index contributed by atoms with van der Waals surface area (Å²) in [5.74, 6) is -1.97. The molecule has 2 rings (SSSR count). The van der Waals surface area contributed by atoms with Gasteiger partial charge in [-0.05, 0) is 42.0 Å². The highest BCUT2D eigenvalue weighted by Gasteiger charge is 2.10. The summed E-state index contributed by atoms with van der Waals surface area (Å²) in [5.41, 5.74) is 0.695. The average molecular weight is 299 g/mol. The van der Waals surface area contributed by atoms with Crippen LogP contribution in [-0.4, -0.2) is 27.2 Å². The van der Waals surface area contributed by atoms with E-state index in [1.54, 1.807) is 18.2 Å². The lowest BCUT2D eigenvalue weighted by Gasteiger charge is -2.05. The molecule has 0 saturated carbocycles. The number of benzene rings is 2. The van der Waals surface area contributed by atoms with Crippen molar-refractivity contribution in [3.05, 3.63) is 59.7 Å². The maximum absolute atomic E-state index is 11.8. The number of carbonyl (C=O) groups excluding carboxylic acids is 1. The minimum absolute atomic E-state index is 0.131. The van der Waals surface area contributed by atoms with Gasteiger partial charge < -0.3 is 20.6 Å². The second-order valence-electron chi connectivity index (χ2n) is 4.45. The number of hydrogen-bond donors (Lipinski definition) is 4. The summed E-state index contributed by atoms with van der Waals surface area (Å²) in [6.45, 7) is 0. The molecule has 2 aromatic carbocycles. The predicted molar refractivity (Wildman–Crippen MR) is 80.8 cm³/mol. The Bertz CT molecular complexity index is 735. The molecule has 0 fully saturated rings. The highest BCUT2D eigenvalue weighted by atomic mass is 16.4. The minimum atomic E-state index is -1.28. The lowest BCUT2D eigenvalue weighted by Crippen LogP contribution is -2.08. The molecule has 1 amide bonds. The molecule has 0 heterocycles.